The molecule has 82 valence electrons. The van der Waals surface area contributed by atoms with Crippen molar-refractivity contribution >= 4 is 30.3 Å². The molecule has 0 aliphatic heterocycles. The molecular weight excluding hydrogens is 222 g/mol. The summed E-state index contributed by atoms with van der Waals surface area (Å²) in [7, 11) is 0. The molecule has 15 heavy (non-hydrogen) atoms. The fourth-order valence-electron chi connectivity index (χ4n) is 2.17. The second-order valence-corrected chi connectivity index (χ2v) is 5.54. The highest BCUT2D eigenvalue weighted by atomic mass is 32.2. The highest BCUT2D eigenvalue weighted by molar-refractivity contribution is 8.10. The van der Waals surface area contributed by atoms with E-state index in [9.17, 15) is 0 Å². The van der Waals surface area contributed by atoms with Crippen molar-refractivity contribution in [3.8, 4) is 0 Å². The number of nitrogens with zero attached hydrogens (tertiary/aromatic N) is 1. The predicted octanol–water partition coefficient (Wildman–Crippen LogP) is 3.97. The summed E-state index contributed by atoms with van der Waals surface area (Å²) in [5.74, 6) is 0. The predicted molar refractivity (Wildman–Crippen MR) is 72.6 cm³/mol. The monoisotopic (exact) mass is 239 g/mol. The van der Waals surface area contributed by atoms with Gasteiger partial charge in [-0.3, -0.25) is 0 Å². The van der Waals surface area contributed by atoms with Crippen LogP contribution in [0.5, 0.6) is 0 Å². The Morgan fingerprint density at radius 2 is 1.87 bits per heavy atom. The first kappa shape index (κ1) is 11.2. The Morgan fingerprint density at radius 1 is 1.20 bits per heavy atom. The fraction of sp³-hybridized carbons (Fsp3) is 0.500. The topological polar surface area (TPSA) is 3.24 Å². The van der Waals surface area contributed by atoms with Crippen LogP contribution in [0.3, 0.4) is 0 Å². The smallest absolute Gasteiger partial charge is 0.0562 e. The first-order valence-corrected chi connectivity index (χ1v) is 7.07. The second-order valence-electron chi connectivity index (χ2n) is 3.86. The second kappa shape index (κ2) is 5.71. The van der Waals surface area contributed by atoms with E-state index in [4.69, 9.17) is 0 Å². The van der Waals surface area contributed by atoms with Crippen LogP contribution in [0.1, 0.15) is 25.7 Å². The number of hydrogen-bond acceptors (Lipinski definition) is 3. The third-order valence-corrected chi connectivity index (χ3v) is 4.11. The highest BCUT2D eigenvalue weighted by Gasteiger charge is 2.22. The third-order valence-electron chi connectivity index (χ3n) is 2.86. The Labute approximate surface area is 102 Å². The summed E-state index contributed by atoms with van der Waals surface area (Å²) in [5.41, 5.74) is 1.32. The van der Waals surface area contributed by atoms with Gasteiger partial charge in [-0.1, -0.05) is 31.0 Å². The Kier molecular flexibility index (Phi) is 4.27. The van der Waals surface area contributed by atoms with E-state index >= 15 is 0 Å². The zero-order valence-corrected chi connectivity index (χ0v) is 10.5. The van der Waals surface area contributed by atoms with E-state index in [0.717, 1.165) is 5.08 Å². The quantitative estimate of drug-likeness (QED) is 0.481. The van der Waals surface area contributed by atoms with E-state index in [1.165, 1.54) is 31.4 Å². The minimum atomic E-state index is 0.713. The number of para-hydroxylation sites is 1. The molecule has 0 aromatic heterocycles. The minimum absolute atomic E-state index is 0.713. The third kappa shape index (κ3) is 2.85. The van der Waals surface area contributed by atoms with Crippen LogP contribution < -0.4 is 4.31 Å². The van der Waals surface area contributed by atoms with Crippen molar-refractivity contribution < 1.29 is 0 Å². The summed E-state index contributed by atoms with van der Waals surface area (Å²) in [4.78, 5) is 0. The van der Waals surface area contributed by atoms with Crippen molar-refractivity contribution in [1.82, 2.24) is 0 Å². The van der Waals surface area contributed by atoms with Crippen molar-refractivity contribution in [3.63, 3.8) is 0 Å². The van der Waals surface area contributed by atoms with Crippen LogP contribution in [0.4, 0.5) is 5.69 Å². The zero-order valence-electron chi connectivity index (χ0n) is 8.80. The molecule has 1 aliphatic rings. The van der Waals surface area contributed by atoms with Gasteiger partial charge in [0.25, 0.3) is 0 Å². The van der Waals surface area contributed by atoms with Gasteiger partial charge in [-0.15, -0.1) is 0 Å². The number of rotatable bonds is 4. The van der Waals surface area contributed by atoms with Gasteiger partial charge in [-0.25, -0.2) is 0 Å². The van der Waals surface area contributed by atoms with Gasteiger partial charge in [-0.05, 0) is 36.9 Å². The summed E-state index contributed by atoms with van der Waals surface area (Å²) in [6.07, 6.45) is 5.41. The normalized spacial score (nSPS) is 16.9. The molecule has 1 saturated carbocycles. The number of thiol groups is 1. The summed E-state index contributed by atoms with van der Waals surface area (Å²) in [5, 5.41) is 0.853. The van der Waals surface area contributed by atoms with Gasteiger partial charge < -0.3 is 4.31 Å². The molecule has 0 amide bonds. The average molecular weight is 239 g/mol. The number of hydrogen-bond donors (Lipinski definition) is 1. The maximum absolute atomic E-state index is 4.32. The summed E-state index contributed by atoms with van der Waals surface area (Å²) < 4.78 is 2.44. The van der Waals surface area contributed by atoms with E-state index < -0.39 is 0 Å². The van der Waals surface area contributed by atoms with Crippen LogP contribution in [0.15, 0.2) is 30.3 Å². The van der Waals surface area contributed by atoms with Crippen molar-refractivity contribution in [2.45, 2.75) is 31.7 Å². The first-order valence-electron chi connectivity index (χ1n) is 5.50. The highest BCUT2D eigenvalue weighted by Crippen LogP contribution is 2.33. The Morgan fingerprint density at radius 3 is 2.47 bits per heavy atom. The molecule has 0 atom stereocenters. The van der Waals surface area contributed by atoms with E-state index in [1.54, 1.807) is 0 Å². The van der Waals surface area contributed by atoms with Gasteiger partial charge in [0.1, 0.15) is 0 Å². The molecule has 0 saturated heterocycles. The van der Waals surface area contributed by atoms with E-state index in [0.29, 0.717) is 6.04 Å². The number of anilines is 1. The molecule has 3 heteroatoms. The molecule has 1 fully saturated rings. The lowest BCUT2D eigenvalue weighted by atomic mass is 10.2. The molecule has 1 aromatic rings. The van der Waals surface area contributed by atoms with Crippen LogP contribution in [-0.4, -0.2) is 11.1 Å². The molecule has 0 N–H and O–H groups in total. The molecule has 1 nitrogen and oxygen atoms in total. The van der Waals surface area contributed by atoms with E-state index in [1.807, 2.05) is 11.9 Å². The average Bonchev–Trinajstić information content (AvgIpc) is 2.80. The molecule has 0 radical (unpaired) electrons. The van der Waals surface area contributed by atoms with Gasteiger partial charge in [-0.2, -0.15) is 12.6 Å². The number of benzene rings is 1. The summed E-state index contributed by atoms with van der Waals surface area (Å²) in [6, 6.07) is 11.4. The van der Waals surface area contributed by atoms with Crippen LogP contribution in [-0.2, 0) is 0 Å². The van der Waals surface area contributed by atoms with Crippen molar-refractivity contribution in [2.75, 3.05) is 9.39 Å². The van der Waals surface area contributed by atoms with Gasteiger partial charge in [0, 0.05) is 11.7 Å². The van der Waals surface area contributed by atoms with Crippen molar-refractivity contribution in [3.05, 3.63) is 30.3 Å². The molecule has 1 aliphatic carbocycles. The van der Waals surface area contributed by atoms with Gasteiger partial charge in [0.2, 0.25) is 0 Å². The van der Waals surface area contributed by atoms with Crippen LogP contribution in [0.2, 0.25) is 0 Å². The lowest BCUT2D eigenvalue weighted by Gasteiger charge is -2.29. The SMILES string of the molecule is SCSN(c1ccccc1)C1CCCC1. The van der Waals surface area contributed by atoms with E-state index in [-0.39, 0.29) is 0 Å². The van der Waals surface area contributed by atoms with Crippen molar-refractivity contribution in [1.29, 1.82) is 0 Å². The van der Waals surface area contributed by atoms with Crippen LogP contribution in [0.25, 0.3) is 0 Å². The fourth-order valence-corrected chi connectivity index (χ4v) is 3.36. The van der Waals surface area contributed by atoms with Crippen LogP contribution in [0, 0.1) is 0 Å². The molecule has 0 heterocycles. The van der Waals surface area contributed by atoms with E-state index in [2.05, 4.69) is 47.3 Å². The lowest BCUT2D eigenvalue weighted by molar-refractivity contribution is 0.711. The molecule has 0 spiro atoms. The lowest BCUT2D eigenvalue weighted by Crippen LogP contribution is -2.26. The first-order chi connectivity index (χ1) is 7.42. The van der Waals surface area contributed by atoms with Gasteiger partial charge >= 0.3 is 0 Å². The Hall–Kier alpha value is -0.280. The zero-order chi connectivity index (χ0) is 10.5. The maximum Gasteiger partial charge on any atom is 0.0562 e. The molecule has 0 unspecified atom stereocenters. The van der Waals surface area contributed by atoms with Gasteiger partial charge in [0.05, 0.1) is 5.08 Å². The largest absolute Gasteiger partial charge is 0.313 e. The minimum Gasteiger partial charge on any atom is -0.313 e. The van der Waals surface area contributed by atoms with Crippen molar-refractivity contribution in [2.24, 2.45) is 0 Å². The molecule has 0 bridgehead atoms. The summed E-state index contributed by atoms with van der Waals surface area (Å²) in [6.45, 7) is 0. The van der Waals surface area contributed by atoms with Crippen LogP contribution >= 0.6 is 24.6 Å². The molecular formula is C12H17NS2. The molecule has 1 aromatic carbocycles. The Bertz CT molecular complexity index is 283. The summed E-state index contributed by atoms with van der Waals surface area (Å²) >= 11 is 6.15. The maximum atomic E-state index is 4.32. The van der Waals surface area contributed by atoms with Gasteiger partial charge in [0.15, 0.2) is 0 Å². The Balaban J connectivity index is 2.11. The standard InChI is InChI=1S/C12H17NS2/c14-10-15-13(12-8-4-5-9-12)11-6-2-1-3-7-11/h1-3,6-7,12,14H,4-5,8-10H2. The molecule has 2 rings (SSSR count).